The van der Waals surface area contributed by atoms with Crippen LogP contribution in [0, 0.1) is 0 Å². The third-order valence-electron chi connectivity index (χ3n) is 1.14. The highest BCUT2D eigenvalue weighted by atomic mass is 35.5. The van der Waals surface area contributed by atoms with E-state index in [4.69, 9.17) is 17.3 Å². The zero-order valence-corrected chi connectivity index (χ0v) is 6.30. The SMILES string of the molecule is Nc1ccc(Cl)c(N=C=O)c1. The normalized spacial score (nSPS) is 8.82. The molecule has 0 fully saturated rings. The van der Waals surface area contributed by atoms with Crippen molar-refractivity contribution in [3.63, 3.8) is 0 Å². The van der Waals surface area contributed by atoms with E-state index in [9.17, 15) is 4.79 Å². The van der Waals surface area contributed by atoms with Gasteiger partial charge in [0.25, 0.3) is 0 Å². The first-order chi connectivity index (χ1) is 5.24. The third kappa shape index (κ3) is 1.80. The number of nitrogens with two attached hydrogens (primary N) is 1. The van der Waals surface area contributed by atoms with Gasteiger partial charge in [-0.2, -0.15) is 4.99 Å². The largest absolute Gasteiger partial charge is 0.399 e. The lowest BCUT2D eigenvalue weighted by atomic mass is 10.3. The van der Waals surface area contributed by atoms with E-state index in [-0.39, 0.29) is 0 Å². The number of anilines is 1. The molecule has 0 aromatic heterocycles. The minimum absolute atomic E-state index is 0.349. The Bertz CT molecular complexity index is 318. The maximum Gasteiger partial charge on any atom is 0.240 e. The Balaban J connectivity index is 3.22. The van der Waals surface area contributed by atoms with Crippen molar-refractivity contribution in [3.8, 4) is 0 Å². The number of hydrogen-bond donors (Lipinski definition) is 1. The van der Waals surface area contributed by atoms with Gasteiger partial charge in [0.1, 0.15) is 0 Å². The summed E-state index contributed by atoms with van der Waals surface area (Å²) in [4.78, 5) is 13.2. The van der Waals surface area contributed by atoms with Crippen LogP contribution < -0.4 is 5.73 Å². The van der Waals surface area contributed by atoms with Gasteiger partial charge in [0.2, 0.25) is 6.08 Å². The molecule has 11 heavy (non-hydrogen) atoms. The van der Waals surface area contributed by atoms with Crippen LogP contribution in [0.25, 0.3) is 0 Å². The van der Waals surface area contributed by atoms with Crippen LogP contribution in [0.3, 0.4) is 0 Å². The predicted octanol–water partition coefficient (Wildman–Crippen LogP) is 1.89. The van der Waals surface area contributed by atoms with Crippen LogP contribution >= 0.6 is 11.6 Å². The van der Waals surface area contributed by atoms with Gasteiger partial charge in [0, 0.05) is 5.69 Å². The fourth-order valence-corrected chi connectivity index (χ4v) is 0.824. The summed E-state index contributed by atoms with van der Waals surface area (Å²) in [7, 11) is 0. The molecule has 0 saturated carbocycles. The van der Waals surface area contributed by atoms with Gasteiger partial charge in [-0.25, -0.2) is 4.79 Å². The first-order valence-corrected chi connectivity index (χ1v) is 3.24. The number of rotatable bonds is 1. The average molecular weight is 169 g/mol. The lowest BCUT2D eigenvalue weighted by Crippen LogP contribution is -1.82. The van der Waals surface area contributed by atoms with Crippen molar-refractivity contribution in [3.05, 3.63) is 23.2 Å². The Morgan fingerprint density at radius 1 is 1.55 bits per heavy atom. The number of nitrogens with zero attached hydrogens (tertiary/aromatic N) is 1. The molecule has 2 N–H and O–H groups in total. The van der Waals surface area contributed by atoms with Gasteiger partial charge < -0.3 is 5.73 Å². The van der Waals surface area contributed by atoms with Crippen molar-refractivity contribution in [1.82, 2.24) is 0 Å². The van der Waals surface area contributed by atoms with Crippen molar-refractivity contribution < 1.29 is 4.79 Å². The molecule has 3 nitrogen and oxygen atoms in total. The number of nitrogen functional groups attached to an aromatic ring is 1. The maximum absolute atomic E-state index is 9.85. The van der Waals surface area contributed by atoms with Crippen LogP contribution in [-0.2, 0) is 4.79 Å². The summed E-state index contributed by atoms with van der Waals surface area (Å²) in [6.07, 6.45) is 1.39. The first kappa shape index (κ1) is 7.79. The number of isocyanates is 1. The molecule has 1 rings (SSSR count). The standard InChI is InChI=1S/C7H5ClN2O/c8-6-2-1-5(9)3-7(6)10-4-11/h1-3H,9H2. The van der Waals surface area contributed by atoms with Crippen LogP contribution in [0.5, 0.6) is 0 Å². The van der Waals surface area contributed by atoms with E-state index >= 15 is 0 Å². The summed E-state index contributed by atoms with van der Waals surface area (Å²) in [5.41, 5.74) is 6.28. The van der Waals surface area contributed by atoms with E-state index in [1.807, 2.05) is 0 Å². The van der Waals surface area contributed by atoms with Gasteiger partial charge in [-0.3, -0.25) is 0 Å². The summed E-state index contributed by atoms with van der Waals surface area (Å²) >= 11 is 5.65. The lowest BCUT2D eigenvalue weighted by molar-refractivity contribution is 0.565. The van der Waals surface area contributed by atoms with E-state index in [0.29, 0.717) is 16.4 Å². The smallest absolute Gasteiger partial charge is 0.240 e. The van der Waals surface area contributed by atoms with Crippen LogP contribution in [-0.4, -0.2) is 6.08 Å². The van der Waals surface area contributed by atoms with Crippen LogP contribution in [0.15, 0.2) is 23.2 Å². The highest BCUT2D eigenvalue weighted by Gasteiger charge is 1.97. The average Bonchev–Trinajstić information content (AvgIpc) is 1.98. The van der Waals surface area contributed by atoms with Gasteiger partial charge in [-0.1, -0.05) is 11.6 Å². The molecule has 0 bridgehead atoms. The highest BCUT2D eigenvalue weighted by molar-refractivity contribution is 6.33. The topological polar surface area (TPSA) is 55.4 Å². The summed E-state index contributed by atoms with van der Waals surface area (Å²) in [5.74, 6) is 0. The molecule has 56 valence electrons. The van der Waals surface area contributed by atoms with E-state index in [2.05, 4.69) is 4.99 Å². The Hall–Kier alpha value is -1.31. The van der Waals surface area contributed by atoms with Gasteiger partial charge in [0.15, 0.2) is 0 Å². The van der Waals surface area contributed by atoms with Crippen LogP contribution in [0.4, 0.5) is 11.4 Å². The number of carbonyl (C=O) groups excluding carboxylic acids is 1. The van der Waals surface area contributed by atoms with E-state index < -0.39 is 0 Å². The highest BCUT2D eigenvalue weighted by Crippen LogP contribution is 2.25. The molecule has 0 spiro atoms. The molecule has 0 radical (unpaired) electrons. The molecular formula is C7H5ClN2O. The van der Waals surface area contributed by atoms with Gasteiger partial charge >= 0.3 is 0 Å². The van der Waals surface area contributed by atoms with Crippen LogP contribution in [0.2, 0.25) is 5.02 Å². The van der Waals surface area contributed by atoms with Crippen molar-refractivity contribution in [2.75, 3.05) is 5.73 Å². The Morgan fingerprint density at radius 3 is 2.91 bits per heavy atom. The Kier molecular flexibility index (Phi) is 2.26. The van der Waals surface area contributed by atoms with E-state index in [1.54, 1.807) is 12.1 Å². The van der Waals surface area contributed by atoms with Crippen molar-refractivity contribution in [2.24, 2.45) is 4.99 Å². The van der Waals surface area contributed by atoms with Gasteiger partial charge in [-0.15, -0.1) is 0 Å². The number of benzene rings is 1. The zero-order chi connectivity index (χ0) is 8.27. The minimum atomic E-state index is 0.349. The minimum Gasteiger partial charge on any atom is -0.399 e. The molecule has 4 heteroatoms. The summed E-state index contributed by atoms with van der Waals surface area (Å²) in [6.45, 7) is 0. The Labute approximate surface area is 68.5 Å². The van der Waals surface area contributed by atoms with Crippen molar-refractivity contribution in [1.29, 1.82) is 0 Å². The van der Waals surface area contributed by atoms with Crippen molar-refractivity contribution in [2.45, 2.75) is 0 Å². The fourth-order valence-electron chi connectivity index (χ4n) is 0.665. The fraction of sp³-hybridized carbons (Fsp3) is 0. The number of hydrogen-bond acceptors (Lipinski definition) is 3. The van der Waals surface area contributed by atoms with E-state index in [0.717, 1.165) is 0 Å². The zero-order valence-electron chi connectivity index (χ0n) is 5.54. The summed E-state index contributed by atoms with van der Waals surface area (Å²) in [5, 5.41) is 0.391. The first-order valence-electron chi connectivity index (χ1n) is 2.87. The van der Waals surface area contributed by atoms with Crippen LogP contribution in [0.1, 0.15) is 0 Å². The summed E-state index contributed by atoms with van der Waals surface area (Å²) < 4.78 is 0. The second-order valence-electron chi connectivity index (χ2n) is 1.91. The molecule has 0 aliphatic carbocycles. The molecule has 1 aromatic rings. The quantitative estimate of drug-likeness (QED) is 0.396. The van der Waals surface area contributed by atoms with Crippen molar-refractivity contribution >= 4 is 29.1 Å². The third-order valence-corrected chi connectivity index (χ3v) is 1.46. The molecule has 1 aromatic carbocycles. The van der Waals surface area contributed by atoms with E-state index in [1.165, 1.54) is 12.1 Å². The lowest BCUT2D eigenvalue weighted by Gasteiger charge is -1.95. The number of aliphatic imine (C=N–C) groups is 1. The van der Waals surface area contributed by atoms with Gasteiger partial charge in [-0.05, 0) is 18.2 Å². The predicted molar refractivity (Wildman–Crippen MR) is 43.6 cm³/mol. The second kappa shape index (κ2) is 3.19. The molecule has 0 amide bonds. The molecule has 0 atom stereocenters. The molecule has 0 saturated heterocycles. The second-order valence-corrected chi connectivity index (χ2v) is 2.32. The van der Waals surface area contributed by atoms with Gasteiger partial charge in [0.05, 0.1) is 10.7 Å². The monoisotopic (exact) mass is 168 g/mol. The molecule has 0 unspecified atom stereocenters. The number of halogens is 1. The molecule has 0 aliphatic rings. The maximum atomic E-state index is 9.85. The summed E-state index contributed by atoms with van der Waals surface area (Å²) in [6, 6.07) is 4.71. The molecular weight excluding hydrogens is 164 g/mol. The molecule has 0 aliphatic heterocycles. The Morgan fingerprint density at radius 2 is 2.27 bits per heavy atom. The molecule has 0 heterocycles.